The van der Waals surface area contributed by atoms with Crippen LogP contribution < -0.4 is 5.32 Å². The van der Waals surface area contributed by atoms with Gasteiger partial charge in [0.25, 0.3) is 0 Å². The van der Waals surface area contributed by atoms with Crippen LogP contribution in [0, 0.1) is 17.3 Å². The number of likely N-dealkylation sites (N-methyl/N-ethyl adjacent to an activating group) is 1. The molecular formula is C36H51BN4O6. The van der Waals surface area contributed by atoms with E-state index in [9.17, 15) is 14.4 Å². The van der Waals surface area contributed by atoms with Crippen LogP contribution in [-0.4, -0.2) is 89.8 Å². The molecule has 4 aliphatic heterocycles. The highest BCUT2D eigenvalue weighted by Gasteiger charge is 2.68. The topological polar surface area (TPSA) is 101 Å². The lowest BCUT2D eigenvalue weighted by atomic mass is 9.43. The van der Waals surface area contributed by atoms with Crippen LogP contribution in [0.3, 0.4) is 0 Å². The van der Waals surface area contributed by atoms with E-state index in [1.54, 1.807) is 21.7 Å². The van der Waals surface area contributed by atoms with E-state index in [4.69, 9.17) is 14.0 Å². The van der Waals surface area contributed by atoms with Crippen molar-refractivity contribution in [2.45, 2.75) is 121 Å². The van der Waals surface area contributed by atoms with Crippen molar-refractivity contribution in [2.24, 2.45) is 17.3 Å². The van der Waals surface area contributed by atoms with Crippen LogP contribution >= 0.6 is 0 Å². The molecule has 0 radical (unpaired) electrons. The number of hydrogen-bond donors (Lipinski definition) is 1. The number of carbonyl (C=O) groups excluding carboxylic acids is 3. The summed E-state index contributed by atoms with van der Waals surface area (Å²) in [5.74, 6) is 0.481. The SMILES string of the molecule is CN1C/C=C/CCCCCC[C@@H](B2OC3C[C@H]4C[C@H](C4(C)C)[C@@]3(C)O2)NC(=O)C2CC(OC(=O)N3Cc4ccccc4C3)CN2C1=O. The number of benzene rings is 1. The van der Waals surface area contributed by atoms with Gasteiger partial charge in [0.2, 0.25) is 5.91 Å². The molecule has 1 aromatic carbocycles. The van der Waals surface area contributed by atoms with E-state index in [-0.39, 0.29) is 48.0 Å². The maximum Gasteiger partial charge on any atom is 0.481 e. The van der Waals surface area contributed by atoms with E-state index in [0.29, 0.717) is 31.5 Å². The van der Waals surface area contributed by atoms with Gasteiger partial charge in [0.15, 0.2) is 0 Å². The molecule has 3 saturated carbocycles. The monoisotopic (exact) mass is 646 g/mol. The van der Waals surface area contributed by atoms with Crippen LogP contribution in [0.5, 0.6) is 0 Å². The quantitative estimate of drug-likeness (QED) is 0.346. The summed E-state index contributed by atoms with van der Waals surface area (Å²) in [5.41, 5.74) is 2.07. The van der Waals surface area contributed by atoms with Gasteiger partial charge in [0, 0.05) is 33.1 Å². The largest absolute Gasteiger partial charge is 0.481 e. The second-order valence-corrected chi connectivity index (χ2v) is 15.6. The Bertz CT molecular complexity index is 1380. The van der Waals surface area contributed by atoms with Gasteiger partial charge in [0.05, 0.1) is 24.2 Å². The van der Waals surface area contributed by atoms with Gasteiger partial charge in [-0.1, -0.05) is 69.5 Å². The Labute approximate surface area is 279 Å². The lowest BCUT2D eigenvalue weighted by Gasteiger charge is -2.64. The van der Waals surface area contributed by atoms with E-state index in [1.165, 1.54) is 0 Å². The summed E-state index contributed by atoms with van der Waals surface area (Å²) < 4.78 is 19.5. The summed E-state index contributed by atoms with van der Waals surface area (Å²) in [4.78, 5) is 46.2. The summed E-state index contributed by atoms with van der Waals surface area (Å²) >= 11 is 0. The maximum absolute atomic E-state index is 14.2. The minimum atomic E-state index is -0.774. The number of amides is 4. The molecule has 0 aromatic heterocycles. The second kappa shape index (κ2) is 12.8. The summed E-state index contributed by atoms with van der Waals surface area (Å²) in [6.07, 6.45) is 11.5. The number of ether oxygens (including phenoxy) is 1. The van der Waals surface area contributed by atoms with Crippen LogP contribution in [0.1, 0.15) is 89.7 Å². The molecule has 4 amide bonds. The zero-order chi connectivity index (χ0) is 32.9. The third-order valence-electron chi connectivity index (χ3n) is 12.3. The van der Waals surface area contributed by atoms with E-state index >= 15 is 0 Å². The standard InChI is InChI=1S/C36H51BN4O6/c1-35(2)26-18-29(35)36(3)30(19-26)46-37(47-36)31-16-10-8-6-5-7-9-13-17-39(4)33(43)41-23-27(20-28(41)32(42)38-31)45-34(44)40-21-24-14-11-12-15-25(24)22-40/h9,11-15,26-31H,5-8,10,16-23H2,1-4H3,(H,38,42)/b13-9+/t26-,27?,28?,29-,30?,31+,36-/m1/s1. The first-order valence-electron chi connectivity index (χ1n) is 17.9. The van der Waals surface area contributed by atoms with Gasteiger partial charge in [0.1, 0.15) is 12.1 Å². The minimum Gasteiger partial charge on any atom is -0.444 e. The van der Waals surface area contributed by atoms with Crippen molar-refractivity contribution >= 4 is 25.1 Å². The predicted molar refractivity (Wildman–Crippen MR) is 178 cm³/mol. The fourth-order valence-electron chi connectivity index (χ4n) is 9.28. The van der Waals surface area contributed by atoms with Crippen LogP contribution in [0.4, 0.5) is 9.59 Å². The molecule has 10 nitrogen and oxygen atoms in total. The molecule has 7 aliphatic rings. The molecule has 7 atom stereocenters. The first-order chi connectivity index (χ1) is 22.5. The fraction of sp³-hybridized carbons (Fsp3) is 0.694. The zero-order valence-corrected chi connectivity index (χ0v) is 28.5. The molecule has 2 saturated heterocycles. The molecule has 3 aliphatic carbocycles. The van der Waals surface area contributed by atoms with Gasteiger partial charge in [-0.3, -0.25) is 9.69 Å². The molecule has 0 spiro atoms. The van der Waals surface area contributed by atoms with Crippen LogP contribution in [0.2, 0.25) is 0 Å². The maximum atomic E-state index is 14.2. The number of nitrogens with zero attached hydrogens (tertiary/aromatic N) is 3. The Morgan fingerprint density at radius 2 is 1.74 bits per heavy atom. The van der Waals surface area contributed by atoms with E-state index in [2.05, 4.69) is 32.2 Å². The van der Waals surface area contributed by atoms with Gasteiger partial charge >= 0.3 is 19.2 Å². The third-order valence-corrected chi connectivity index (χ3v) is 12.3. The van der Waals surface area contributed by atoms with E-state index in [1.807, 2.05) is 30.3 Å². The van der Waals surface area contributed by atoms with Crippen molar-refractivity contribution in [3.05, 3.63) is 47.5 Å². The Morgan fingerprint density at radius 1 is 1.00 bits per heavy atom. The van der Waals surface area contributed by atoms with Gasteiger partial charge in [-0.15, -0.1) is 0 Å². The number of hydrogen-bond acceptors (Lipinski definition) is 6. The van der Waals surface area contributed by atoms with Crippen molar-refractivity contribution < 1.29 is 28.4 Å². The third kappa shape index (κ3) is 6.07. The Hall–Kier alpha value is -3.05. The Morgan fingerprint density at radius 3 is 2.49 bits per heavy atom. The van der Waals surface area contributed by atoms with Crippen LogP contribution in [0.25, 0.3) is 0 Å². The molecule has 1 aromatic rings. The first kappa shape index (κ1) is 32.5. The highest BCUT2D eigenvalue weighted by molar-refractivity contribution is 6.47. The lowest BCUT2D eigenvalue weighted by molar-refractivity contribution is -0.199. The number of carbonyl (C=O) groups is 3. The Kier molecular flexibility index (Phi) is 8.83. The minimum absolute atomic E-state index is 0.0204. The fourth-order valence-corrected chi connectivity index (χ4v) is 9.28. The lowest BCUT2D eigenvalue weighted by Crippen LogP contribution is -2.65. The van der Waals surface area contributed by atoms with Crippen molar-refractivity contribution in [3.63, 3.8) is 0 Å². The average molecular weight is 647 g/mol. The van der Waals surface area contributed by atoms with Crippen molar-refractivity contribution in [1.29, 1.82) is 0 Å². The number of nitrogens with one attached hydrogen (secondary N) is 1. The predicted octanol–water partition coefficient (Wildman–Crippen LogP) is 5.30. The summed E-state index contributed by atoms with van der Waals surface area (Å²) in [6.45, 7) is 8.50. The summed E-state index contributed by atoms with van der Waals surface area (Å²) in [6, 6.07) is 6.97. The summed E-state index contributed by atoms with van der Waals surface area (Å²) in [7, 11) is 1.22. The molecule has 8 rings (SSSR count). The van der Waals surface area contributed by atoms with Gasteiger partial charge in [-0.2, -0.15) is 0 Å². The van der Waals surface area contributed by atoms with Crippen molar-refractivity contribution in [3.8, 4) is 0 Å². The molecule has 1 N–H and O–H groups in total. The molecule has 5 fully saturated rings. The molecule has 3 unspecified atom stereocenters. The van der Waals surface area contributed by atoms with E-state index < -0.39 is 25.4 Å². The molecule has 4 heterocycles. The molecule has 11 heteroatoms. The molecule has 254 valence electrons. The van der Waals surface area contributed by atoms with E-state index in [0.717, 1.165) is 62.5 Å². The number of rotatable bonds is 2. The zero-order valence-electron chi connectivity index (χ0n) is 28.5. The Balaban J connectivity index is 1.08. The van der Waals surface area contributed by atoms with Crippen molar-refractivity contribution in [1.82, 2.24) is 20.0 Å². The smallest absolute Gasteiger partial charge is 0.444 e. The molecular weight excluding hydrogens is 595 g/mol. The van der Waals surface area contributed by atoms with Gasteiger partial charge in [-0.05, 0) is 67.4 Å². The normalized spacial score (nSPS) is 36.3. The highest BCUT2D eigenvalue weighted by atomic mass is 16.7. The van der Waals surface area contributed by atoms with Crippen LogP contribution in [-0.2, 0) is 31.9 Å². The second-order valence-electron chi connectivity index (χ2n) is 15.6. The average Bonchev–Trinajstić information content (AvgIpc) is 3.76. The number of urea groups is 1. The first-order valence-corrected chi connectivity index (χ1v) is 17.9. The van der Waals surface area contributed by atoms with Crippen molar-refractivity contribution in [2.75, 3.05) is 20.1 Å². The van der Waals surface area contributed by atoms with Gasteiger partial charge < -0.3 is 29.2 Å². The number of allylic oxidation sites excluding steroid dienone is 1. The number of fused-ring (bicyclic) bond motifs is 2. The van der Waals surface area contributed by atoms with Gasteiger partial charge in [-0.25, -0.2) is 9.59 Å². The highest BCUT2D eigenvalue weighted by Crippen LogP contribution is 2.65. The molecule has 2 bridgehead atoms. The molecule has 47 heavy (non-hydrogen) atoms. The summed E-state index contributed by atoms with van der Waals surface area (Å²) in [5, 5.41) is 3.30. The van der Waals surface area contributed by atoms with Crippen LogP contribution in [0.15, 0.2) is 36.4 Å².